The second kappa shape index (κ2) is 6.04. The zero-order valence-corrected chi connectivity index (χ0v) is 13.1. The van der Waals surface area contributed by atoms with Crippen molar-refractivity contribution >= 4 is 22.8 Å². The molecular weight excluding hydrogens is 298 g/mol. The largest absolute Gasteiger partial charge is 0.480 e. The molecule has 2 heterocycles. The van der Waals surface area contributed by atoms with Gasteiger partial charge in [0.25, 0.3) is 0 Å². The van der Waals surface area contributed by atoms with Gasteiger partial charge in [-0.15, -0.1) is 0 Å². The molecule has 0 bridgehead atoms. The Balaban J connectivity index is 1.84. The maximum atomic E-state index is 12.7. The van der Waals surface area contributed by atoms with Crippen LogP contribution >= 0.6 is 0 Å². The number of para-hydroxylation sites is 1. The molecule has 1 fully saturated rings. The number of hydrogen-bond acceptors (Lipinski definition) is 4. The van der Waals surface area contributed by atoms with Gasteiger partial charge in [-0.25, -0.2) is 4.79 Å². The number of furan rings is 1. The topological polar surface area (TPSA) is 80.0 Å². The van der Waals surface area contributed by atoms with Gasteiger partial charge in [-0.1, -0.05) is 18.2 Å². The number of benzene rings is 1. The van der Waals surface area contributed by atoms with Gasteiger partial charge in [-0.05, 0) is 19.1 Å². The molecule has 2 aromatic rings. The Kier molecular flexibility index (Phi) is 4.09. The van der Waals surface area contributed by atoms with E-state index in [9.17, 15) is 14.7 Å². The van der Waals surface area contributed by atoms with Crippen molar-refractivity contribution in [3.63, 3.8) is 0 Å². The van der Waals surface area contributed by atoms with Crippen molar-refractivity contribution in [2.24, 2.45) is 0 Å². The number of methoxy groups -OCH3 is 1. The summed E-state index contributed by atoms with van der Waals surface area (Å²) >= 11 is 0. The van der Waals surface area contributed by atoms with Crippen molar-refractivity contribution in [3.8, 4) is 0 Å². The predicted octanol–water partition coefficient (Wildman–Crippen LogP) is 2.24. The molecular formula is C17H19NO5. The number of rotatable bonds is 4. The van der Waals surface area contributed by atoms with E-state index in [4.69, 9.17) is 9.15 Å². The van der Waals surface area contributed by atoms with E-state index in [0.717, 1.165) is 5.39 Å². The maximum absolute atomic E-state index is 12.7. The number of carbonyl (C=O) groups excluding carboxylic acids is 1. The standard InChI is InChI=1S/C17H19NO5/c1-10(15-7-11-5-3-4-6-14(11)23-15)16(19)18-9-12(22-2)8-13(18)17(20)21/h3-7,10,12-13H,8-9H2,1-2H3,(H,20,21). The summed E-state index contributed by atoms with van der Waals surface area (Å²) in [5.41, 5.74) is 0.716. The van der Waals surface area contributed by atoms with Gasteiger partial charge in [0.1, 0.15) is 17.4 Å². The lowest BCUT2D eigenvalue weighted by Gasteiger charge is -2.23. The highest BCUT2D eigenvalue weighted by molar-refractivity contribution is 5.89. The number of carboxylic acid groups (broad SMARTS) is 1. The number of nitrogens with zero attached hydrogens (tertiary/aromatic N) is 1. The zero-order valence-electron chi connectivity index (χ0n) is 13.1. The molecule has 1 aromatic heterocycles. The Morgan fingerprint density at radius 2 is 2.13 bits per heavy atom. The zero-order chi connectivity index (χ0) is 16.6. The van der Waals surface area contributed by atoms with Crippen LogP contribution in [0.4, 0.5) is 0 Å². The van der Waals surface area contributed by atoms with E-state index in [0.29, 0.717) is 17.8 Å². The molecule has 3 rings (SSSR count). The third-order valence-corrected chi connectivity index (χ3v) is 4.41. The van der Waals surface area contributed by atoms with E-state index in [-0.39, 0.29) is 18.6 Å². The van der Waals surface area contributed by atoms with E-state index < -0.39 is 17.9 Å². The molecule has 1 N–H and O–H groups in total. The summed E-state index contributed by atoms with van der Waals surface area (Å²) in [5.74, 6) is -1.26. The fourth-order valence-corrected chi connectivity index (χ4v) is 3.03. The van der Waals surface area contributed by atoms with Crippen molar-refractivity contribution in [3.05, 3.63) is 36.1 Å². The minimum atomic E-state index is -1.00. The highest BCUT2D eigenvalue weighted by Crippen LogP contribution is 2.29. The monoisotopic (exact) mass is 317 g/mol. The smallest absolute Gasteiger partial charge is 0.326 e. The number of likely N-dealkylation sites (tertiary alicyclic amines) is 1. The summed E-state index contributed by atoms with van der Waals surface area (Å²) in [7, 11) is 1.53. The molecule has 23 heavy (non-hydrogen) atoms. The summed E-state index contributed by atoms with van der Waals surface area (Å²) in [6, 6.07) is 8.50. The van der Waals surface area contributed by atoms with Crippen LogP contribution in [-0.4, -0.2) is 47.7 Å². The number of fused-ring (bicyclic) bond motifs is 1. The molecule has 6 nitrogen and oxygen atoms in total. The molecule has 1 aliphatic heterocycles. The fraction of sp³-hybridized carbons (Fsp3) is 0.412. The van der Waals surface area contributed by atoms with Crippen molar-refractivity contribution < 1.29 is 23.8 Å². The van der Waals surface area contributed by atoms with Crippen LogP contribution in [0, 0.1) is 0 Å². The molecule has 0 saturated carbocycles. The van der Waals surface area contributed by atoms with Crippen LogP contribution in [0.15, 0.2) is 34.7 Å². The van der Waals surface area contributed by atoms with Gasteiger partial charge in [0.15, 0.2) is 0 Å². The first-order valence-corrected chi connectivity index (χ1v) is 7.55. The first-order chi connectivity index (χ1) is 11.0. The fourth-order valence-electron chi connectivity index (χ4n) is 3.03. The molecule has 122 valence electrons. The Bertz CT molecular complexity index is 704. The Morgan fingerprint density at radius 3 is 2.78 bits per heavy atom. The molecule has 1 saturated heterocycles. The van der Waals surface area contributed by atoms with E-state index in [1.54, 1.807) is 6.92 Å². The number of amides is 1. The Morgan fingerprint density at radius 1 is 1.39 bits per heavy atom. The third-order valence-electron chi connectivity index (χ3n) is 4.41. The van der Waals surface area contributed by atoms with Gasteiger partial charge < -0.3 is 19.2 Å². The maximum Gasteiger partial charge on any atom is 0.326 e. The molecule has 3 atom stereocenters. The lowest BCUT2D eigenvalue weighted by molar-refractivity contribution is -0.148. The highest BCUT2D eigenvalue weighted by Gasteiger charge is 2.41. The second-order valence-corrected chi connectivity index (χ2v) is 5.85. The summed E-state index contributed by atoms with van der Waals surface area (Å²) in [4.78, 5) is 25.5. The lowest BCUT2D eigenvalue weighted by atomic mass is 10.1. The van der Waals surface area contributed by atoms with E-state index in [1.165, 1.54) is 12.0 Å². The number of aliphatic carboxylic acids is 1. The molecule has 1 aromatic carbocycles. The number of carboxylic acids is 1. The first kappa shape index (κ1) is 15.6. The number of ether oxygens (including phenoxy) is 1. The highest BCUT2D eigenvalue weighted by atomic mass is 16.5. The molecule has 0 spiro atoms. The minimum Gasteiger partial charge on any atom is -0.480 e. The number of carbonyl (C=O) groups is 2. The Labute approximate surface area is 133 Å². The van der Waals surface area contributed by atoms with Crippen LogP contribution in [0.1, 0.15) is 25.0 Å². The molecule has 3 unspecified atom stereocenters. The van der Waals surface area contributed by atoms with Crippen LogP contribution in [0.5, 0.6) is 0 Å². The van der Waals surface area contributed by atoms with Crippen LogP contribution in [0.25, 0.3) is 11.0 Å². The van der Waals surface area contributed by atoms with Crippen molar-refractivity contribution in [1.82, 2.24) is 4.90 Å². The molecule has 0 aliphatic carbocycles. The quantitative estimate of drug-likeness (QED) is 0.935. The lowest BCUT2D eigenvalue weighted by Crippen LogP contribution is -2.42. The molecule has 1 amide bonds. The van der Waals surface area contributed by atoms with Gasteiger partial charge in [-0.2, -0.15) is 0 Å². The molecule has 1 aliphatic rings. The van der Waals surface area contributed by atoms with Crippen LogP contribution < -0.4 is 0 Å². The van der Waals surface area contributed by atoms with E-state index in [1.807, 2.05) is 30.3 Å². The van der Waals surface area contributed by atoms with Crippen molar-refractivity contribution in [2.45, 2.75) is 31.4 Å². The minimum absolute atomic E-state index is 0.247. The average molecular weight is 317 g/mol. The summed E-state index contributed by atoms with van der Waals surface area (Å²) in [5, 5.41) is 10.3. The molecule has 6 heteroatoms. The SMILES string of the molecule is COC1CC(C(=O)O)N(C(=O)C(C)c2cc3ccccc3o2)C1. The van der Waals surface area contributed by atoms with Gasteiger partial charge in [0.05, 0.1) is 12.0 Å². The second-order valence-electron chi connectivity index (χ2n) is 5.85. The summed E-state index contributed by atoms with van der Waals surface area (Å²) < 4.78 is 11.0. The van der Waals surface area contributed by atoms with Crippen molar-refractivity contribution in [1.29, 1.82) is 0 Å². The predicted molar refractivity (Wildman–Crippen MR) is 83.2 cm³/mol. The van der Waals surface area contributed by atoms with E-state index >= 15 is 0 Å². The number of hydrogen-bond donors (Lipinski definition) is 1. The third kappa shape index (κ3) is 2.82. The molecule has 0 radical (unpaired) electrons. The Hall–Kier alpha value is -2.34. The van der Waals surface area contributed by atoms with Gasteiger partial charge in [0, 0.05) is 25.5 Å². The van der Waals surface area contributed by atoms with Crippen molar-refractivity contribution in [2.75, 3.05) is 13.7 Å². The summed E-state index contributed by atoms with van der Waals surface area (Å²) in [6.45, 7) is 2.02. The van der Waals surface area contributed by atoms with Gasteiger partial charge >= 0.3 is 5.97 Å². The van der Waals surface area contributed by atoms with E-state index in [2.05, 4.69) is 0 Å². The van der Waals surface area contributed by atoms with Crippen LogP contribution in [-0.2, 0) is 14.3 Å². The van der Waals surface area contributed by atoms with Gasteiger partial charge in [0.2, 0.25) is 5.91 Å². The van der Waals surface area contributed by atoms with Crippen LogP contribution in [0.2, 0.25) is 0 Å². The average Bonchev–Trinajstić information content (AvgIpc) is 3.17. The summed E-state index contributed by atoms with van der Waals surface area (Å²) in [6.07, 6.45) is 0.0627. The van der Waals surface area contributed by atoms with Crippen LogP contribution in [0.3, 0.4) is 0 Å². The normalized spacial score (nSPS) is 22.4. The van der Waals surface area contributed by atoms with Gasteiger partial charge in [-0.3, -0.25) is 4.79 Å². The first-order valence-electron chi connectivity index (χ1n) is 7.55.